The molecule has 9 heteroatoms. The second-order valence-corrected chi connectivity index (χ2v) is 6.42. The Morgan fingerprint density at radius 2 is 2.03 bits per heavy atom. The van der Waals surface area contributed by atoms with Gasteiger partial charge in [0.05, 0.1) is 35.5 Å². The van der Waals surface area contributed by atoms with Gasteiger partial charge < -0.3 is 15.2 Å². The minimum atomic E-state index is -0.855. The average molecular weight is 394 g/mol. The van der Waals surface area contributed by atoms with Gasteiger partial charge in [0.1, 0.15) is 17.2 Å². The van der Waals surface area contributed by atoms with Gasteiger partial charge in [-0.3, -0.25) is 15.3 Å². The lowest BCUT2D eigenvalue weighted by Gasteiger charge is -2.17. The molecule has 0 spiro atoms. The SMILES string of the molecule is COc1ccc2nc(C=Cc3ccccc3)c3c(c2c1[N+](=O)[O-])NC(CO)N3O. The molecular weight excluding hydrogens is 376 g/mol. The van der Waals surface area contributed by atoms with E-state index in [0.717, 1.165) is 10.6 Å². The Morgan fingerprint density at radius 3 is 2.69 bits per heavy atom. The van der Waals surface area contributed by atoms with Crippen LogP contribution in [-0.2, 0) is 0 Å². The average Bonchev–Trinajstić information content (AvgIpc) is 3.08. The van der Waals surface area contributed by atoms with Crippen LogP contribution in [0.5, 0.6) is 5.75 Å². The van der Waals surface area contributed by atoms with Crippen molar-refractivity contribution in [1.29, 1.82) is 0 Å². The van der Waals surface area contributed by atoms with Crippen LogP contribution in [0.4, 0.5) is 17.1 Å². The van der Waals surface area contributed by atoms with Crippen molar-refractivity contribution < 1.29 is 20.0 Å². The summed E-state index contributed by atoms with van der Waals surface area (Å²) >= 11 is 0. The molecule has 2 aromatic carbocycles. The number of pyridine rings is 1. The molecule has 1 aromatic heterocycles. The van der Waals surface area contributed by atoms with E-state index < -0.39 is 17.7 Å². The summed E-state index contributed by atoms with van der Waals surface area (Å²) in [6.07, 6.45) is 2.69. The normalized spacial score (nSPS) is 15.6. The lowest BCUT2D eigenvalue weighted by molar-refractivity contribution is -0.383. The summed E-state index contributed by atoms with van der Waals surface area (Å²) in [4.78, 5) is 15.7. The number of ether oxygens (including phenoxy) is 1. The molecule has 3 aromatic rings. The summed E-state index contributed by atoms with van der Waals surface area (Å²) in [6, 6.07) is 12.6. The summed E-state index contributed by atoms with van der Waals surface area (Å²) in [5.74, 6) is 0.0813. The van der Waals surface area contributed by atoms with E-state index in [0.29, 0.717) is 16.9 Å². The number of nitro benzene ring substituents is 1. The van der Waals surface area contributed by atoms with Crippen molar-refractivity contribution in [2.75, 3.05) is 24.1 Å². The molecule has 0 fully saturated rings. The molecule has 2 heterocycles. The zero-order valence-electron chi connectivity index (χ0n) is 15.4. The molecule has 0 aliphatic carbocycles. The number of aromatic nitrogens is 1. The molecule has 9 nitrogen and oxygen atoms in total. The second kappa shape index (κ2) is 7.38. The number of hydrogen-bond acceptors (Lipinski definition) is 8. The number of nitrogens with zero attached hydrogens (tertiary/aromatic N) is 3. The first-order chi connectivity index (χ1) is 14.0. The van der Waals surface area contributed by atoms with Gasteiger partial charge >= 0.3 is 5.69 Å². The minimum absolute atomic E-state index is 0.0813. The van der Waals surface area contributed by atoms with Gasteiger partial charge in [0.15, 0.2) is 5.75 Å². The first kappa shape index (κ1) is 18.7. The van der Waals surface area contributed by atoms with Crippen LogP contribution >= 0.6 is 0 Å². The Labute approximate surface area is 165 Å². The lowest BCUT2D eigenvalue weighted by atomic mass is 10.1. The van der Waals surface area contributed by atoms with Crippen LogP contribution in [0.1, 0.15) is 11.3 Å². The molecule has 4 rings (SSSR count). The molecular formula is C20H18N4O5. The van der Waals surface area contributed by atoms with Crippen LogP contribution in [0.15, 0.2) is 42.5 Å². The Hall–Kier alpha value is -3.69. The highest BCUT2D eigenvalue weighted by atomic mass is 16.6. The van der Waals surface area contributed by atoms with Crippen molar-refractivity contribution in [1.82, 2.24) is 4.98 Å². The van der Waals surface area contributed by atoms with E-state index in [-0.39, 0.29) is 22.5 Å². The van der Waals surface area contributed by atoms with E-state index in [1.165, 1.54) is 13.2 Å². The molecule has 29 heavy (non-hydrogen) atoms. The van der Waals surface area contributed by atoms with Crippen molar-refractivity contribution >= 4 is 40.1 Å². The quantitative estimate of drug-likeness (QED) is 0.445. The highest BCUT2D eigenvalue weighted by molar-refractivity contribution is 6.08. The monoisotopic (exact) mass is 394 g/mol. The van der Waals surface area contributed by atoms with Crippen LogP contribution < -0.4 is 15.1 Å². The largest absolute Gasteiger partial charge is 0.490 e. The Balaban J connectivity index is 1.99. The van der Waals surface area contributed by atoms with Crippen molar-refractivity contribution in [2.24, 2.45) is 0 Å². The van der Waals surface area contributed by atoms with Crippen LogP contribution in [0.2, 0.25) is 0 Å². The van der Waals surface area contributed by atoms with Gasteiger partial charge in [0, 0.05) is 0 Å². The van der Waals surface area contributed by atoms with E-state index in [1.54, 1.807) is 12.1 Å². The molecule has 0 amide bonds. The number of hydroxylamine groups is 1. The number of anilines is 2. The van der Waals surface area contributed by atoms with E-state index in [1.807, 2.05) is 36.4 Å². The number of aliphatic hydroxyl groups is 1. The van der Waals surface area contributed by atoms with Gasteiger partial charge in [-0.15, -0.1) is 0 Å². The third kappa shape index (κ3) is 3.12. The maximum Gasteiger partial charge on any atom is 0.322 e. The number of fused-ring (bicyclic) bond motifs is 3. The van der Waals surface area contributed by atoms with Crippen molar-refractivity contribution in [3.05, 3.63) is 63.8 Å². The maximum atomic E-state index is 11.8. The zero-order chi connectivity index (χ0) is 20.5. The number of rotatable bonds is 5. The van der Waals surface area contributed by atoms with Crippen LogP contribution in [0, 0.1) is 10.1 Å². The van der Waals surface area contributed by atoms with E-state index >= 15 is 0 Å². The molecule has 1 atom stereocenters. The molecule has 148 valence electrons. The predicted molar refractivity (Wildman–Crippen MR) is 109 cm³/mol. The lowest BCUT2D eigenvalue weighted by Crippen LogP contribution is -2.36. The van der Waals surface area contributed by atoms with Gasteiger partial charge in [-0.1, -0.05) is 36.4 Å². The number of nitrogens with one attached hydrogen (secondary N) is 1. The second-order valence-electron chi connectivity index (χ2n) is 6.42. The fraction of sp³-hybridized carbons (Fsp3) is 0.150. The van der Waals surface area contributed by atoms with Crippen molar-refractivity contribution in [3.8, 4) is 5.75 Å². The van der Waals surface area contributed by atoms with Gasteiger partial charge in [-0.25, -0.2) is 10.0 Å². The summed E-state index contributed by atoms with van der Waals surface area (Å²) in [6.45, 7) is -0.410. The minimum Gasteiger partial charge on any atom is -0.490 e. The van der Waals surface area contributed by atoms with Gasteiger partial charge in [0.25, 0.3) is 0 Å². The van der Waals surface area contributed by atoms with E-state index in [2.05, 4.69) is 10.3 Å². The van der Waals surface area contributed by atoms with Gasteiger partial charge in [0.2, 0.25) is 0 Å². The highest BCUT2D eigenvalue weighted by Crippen LogP contribution is 2.47. The smallest absolute Gasteiger partial charge is 0.322 e. The number of benzene rings is 2. The van der Waals surface area contributed by atoms with Crippen LogP contribution in [-0.4, -0.2) is 40.1 Å². The van der Waals surface area contributed by atoms with Gasteiger partial charge in [-0.05, 0) is 23.8 Å². The zero-order valence-corrected chi connectivity index (χ0v) is 15.4. The molecule has 0 bridgehead atoms. The summed E-state index contributed by atoms with van der Waals surface area (Å²) in [7, 11) is 1.35. The predicted octanol–water partition coefficient (Wildman–Crippen LogP) is 3.26. The number of nitro groups is 1. The first-order valence-electron chi connectivity index (χ1n) is 8.83. The highest BCUT2D eigenvalue weighted by Gasteiger charge is 2.35. The van der Waals surface area contributed by atoms with E-state index in [4.69, 9.17) is 4.74 Å². The molecule has 1 unspecified atom stereocenters. The van der Waals surface area contributed by atoms with Crippen molar-refractivity contribution in [3.63, 3.8) is 0 Å². The molecule has 0 radical (unpaired) electrons. The topological polar surface area (TPSA) is 121 Å². The first-order valence-corrected chi connectivity index (χ1v) is 8.83. The fourth-order valence-corrected chi connectivity index (χ4v) is 3.41. The molecule has 1 aliphatic heterocycles. The summed E-state index contributed by atoms with van der Waals surface area (Å²) in [5, 5.41) is 35.9. The Morgan fingerprint density at radius 1 is 1.28 bits per heavy atom. The Kier molecular flexibility index (Phi) is 4.75. The Bertz CT molecular complexity index is 1120. The molecule has 1 aliphatic rings. The summed E-state index contributed by atoms with van der Waals surface area (Å²) < 4.78 is 5.15. The van der Waals surface area contributed by atoms with Crippen LogP contribution in [0.3, 0.4) is 0 Å². The number of hydrogen-bond donors (Lipinski definition) is 3. The van der Waals surface area contributed by atoms with Gasteiger partial charge in [-0.2, -0.15) is 0 Å². The molecule has 3 N–H and O–H groups in total. The van der Waals surface area contributed by atoms with Crippen molar-refractivity contribution in [2.45, 2.75) is 6.17 Å². The van der Waals surface area contributed by atoms with E-state index in [9.17, 15) is 20.4 Å². The number of methoxy groups -OCH3 is 1. The third-order valence-corrected chi connectivity index (χ3v) is 4.73. The van der Waals surface area contributed by atoms with Crippen LogP contribution in [0.25, 0.3) is 23.1 Å². The third-order valence-electron chi connectivity index (χ3n) is 4.73. The maximum absolute atomic E-state index is 11.8. The fourth-order valence-electron chi connectivity index (χ4n) is 3.41. The molecule has 0 saturated carbocycles. The number of aliphatic hydroxyl groups excluding tert-OH is 1. The summed E-state index contributed by atoms with van der Waals surface area (Å²) in [5.41, 5.74) is 2.00. The standard InChI is InChI=1S/C20H18N4O5/c1-29-15-10-9-13-17(20(15)24(27)28)18-19(23(26)16(11-25)22-18)14(21-13)8-7-12-5-3-2-4-6-12/h2-10,16,22,25-26H,11H2,1H3. The molecule has 0 saturated heterocycles.